The van der Waals surface area contributed by atoms with Crippen LogP contribution in [0.5, 0.6) is 11.5 Å². The van der Waals surface area contributed by atoms with Crippen LogP contribution in [0.2, 0.25) is 0 Å². The zero-order chi connectivity index (χ0) is 21.5. The number of fused-ring (bicyclic) bond motifs is 1. The minimum Gasteiger partial charge on any atom is -0.504 e. The van der Waals surface area contributed by atoms with Gasteiger partial charge in [0.25, 0.3) is 5.91 Å². The molecule has 2 N–H and O–H groups in total. The Morgan fingerprint density at radius 2 is 1.48 bits per heavy atom. The first-order chi connectivity index (χ1) is 15.0. The second kappa shape index (κ2) is 7.45. The monoisotopic (exact) mass is 416 g/mol. The Morgan fingerprint density at radius 1 is 0.806 bits per heavy atom. The van der Waals surface area contributed by atoms with Crippen molar-refractivity contribution < 1.29 is 24.6 Å². The van der Waals surface area contributed by atoms with E-state index < -0.39 is 18.1 Å². The number of benzene rings is 3. The lowest BCUT2D eigenvalue weighted by molar-refractivity contribution is -0.143. The Bertz CT molecular complexity index is 1140. The fourth-order valence-corrected chi connectivity index (χ4v) is 4.26. The van der Waals surface area contributed by atoms with Crippen molar-refractivity contribution in [2.45, 2.75) is 18.7 Å². The molecule has 2 saturated heterocycles. The van der Waals surface area contributed by atoms with Crippen LogP contribution >= 0.6 is 0 Å². The van der Waals surface area contributed by atoms with Gasteiger partial charge in [0.1, 0.15) is 5.92 Å². The zero-order valence-corrected chi connectivity index (χ0v) is 16.5. The number of phenolic OH excluding ortho intramolecular Hbond substituents is 2. The Morgan fingerprint density at radius 3 is 2.16 bits per heavy atom. The van der Waals surface area contributed by atoms with Crippen molar-refractivity contribution in [2.24, 2.45) is 5.92 Å². The van der Waals surface area contributed by atoms with Gasteiger partial charge in [-0.1, -0.05) is 54.6 Å². The smallest absolute Gasteiger partial charge is 0.262 e. The molecule has 7 heteroatoms. The first-order valence-electron chi connectivity index (χ1n) is 9.96. The van der Waals surface area contributed by atoms with Gasteiger partial charge in [-0.3, -0.25) is 19.3 Å². The lowest BCUT2D eigenvalue weighted by Gasteiger charge is -2.28. The number of aromatic hydroxyl groups is 2. The van der Waals surface area contributed by atoms with Gasteiger partial charge in [-0.15, -0.1) is 0 Å². The topological polar surface area (TPSA) is 90.3 Å². The van der Waals surface area contributed by atoms with E-state index in [-0.39, 0.29) is 29.9 Å². The molecular formula is C24H20N2O5. The third-order valence-corrected chi connectivity index (χ3v) is 5.74. The molecule has 3 aromatic carbocycles. The van der Waals surface area contributed by atoms with Gasteiger partial charge in [0.05, 0.1) is 18.3 Å². The van der Waals surface area contributed by atoms with Crippen LogP contribution in [-0.2, 0) is 21.0 Å². The van der Waals surface area contributed by atoms with Crippen LogP contribution in [0, 0.1) is 5.92 Å². The van der Waals surface area contributed by atoms with Crippen LogP contribution in [-0.4, -0.2) is 33.0 Å². The molecule has 0 radical (unpaired) electrons. The van der Waals surface area contributed by atoms with Crippen LogP contribution in [0.15, 0.2) is 78.9 Å². The molecule has 0 aliphatic carbocycles. The van der Waals surface area contributed by atoms with E-state index in [9.17, 15) is 19.8 Å². The van der Waals surface area contributed by atoms with Crippen molar-refractivity contribution in [2.75, 3.05) is 5.06 Å². The first kappa shape index (κ1) is 19.1. The SMILES string of the molecule is O=C1[C@@H]2[C@H](ON(c3ccccc3)[C@H]2c2ccc(O)c(O)c2)C(=O)N1Cc1ccccc1. The van der Waals surface area contributed by atoms with Crippen LogP contribution in [0.25, 0.3) is 0 Å². The van der Waals surface area contributed by atoms with Gasteiger partial charge in [0.15, 0.2) is 17.6 Å². The summed E-state index contributed by atoms with van der Waals surface area (Å²) in [4.78, 5) is 33.8. The summed E-state index contributed by atoms with van der Waals surface area (Å²) in [5.41, 5.74) is 2.10. The van der Waals surface area contributed by atoms with E-state index in [4.69, 9.17) is 4.84 Å². The first-order valence-corrected chi connectivity index (χ1v) is 9.96. The maximum absolute atomic E-state index is 13.4. The number of phenols is 2. The molecule has 2 heterocycles. The molecule has 2 fully saturated rings. The van der Waals surface area contributed by atoms with Gasteiger partial charge in [0.2, 0.25) is 5.91 Å². The number of amides is 2. The quantitative estimate of drug-likeness (QED) is 0.502. The van der Waals surface area contributed by atoms with Gasteiger partial charge >= 0.3 is 0 Å². The molecule has 0 saturated carbocycles. The lowest BCUT2D eigenvalue weighted by atomic mass is 9.90. The highest BCUT2D eigenvalue weighted by atomic mass is 16.7. The second-order valence-electron chi connectivity index (χ2n) is 7.65. The molecule has 156 valence electrons. The van der Waals surface area contributed by atoms with E-state index in [1.165, 1.54) is 17.0 Å². The highest BCUT2D eigenvalue weighted by Gasteiger charge is 2.59. The number of carbonyl (C=O) groups is 2. The molecule has 0 unspecified atom stereocenters. The van der Waals surface area contributed by atoms with Gasteiger partial charge in [0, 0.05) is 0 Å². The van der Waals surface area contributed by atoms with E-state index in [1.54, 1.807) is 11.1 Å². The molecule has 7 nitrogen and oxygen atoms in total. The molecular weight excluding hydrogens is 396 g/mol. The van der Waals surface area contributed by atoms with E-state index >= 15 is 0 Å². The summed E-state index contributed by atoms with van der Waals surface area (Å²) in [6.07, 6.45) is -0.961. The van der Waals surface area contributed by atoms with Gasteiger partial charge < -0.3 is 10.2 Å². The number of hydrogen-bond acceptors (Lipinski definition) is 6. The van der Waals surface area contributed by atoms with E-state index in [1.807, 2.05) is 60.7 Å². The van der Waals surface area contributed by atoms with Crippen molar-refractivity contribution in [3.63, 3.8) is 0 Å². The van der Waals surface area contributed by atoms with Crippen molar-refractivity contribution in [3.05, 3.63) is 90.0 Å². The molecule has 3 atom stereocenters. The van der Waals surface area contributed by atoms with Crippen LogP contribution in [0.3, 0.4) is 0 Å². The average Bonchev–Trinajstić information content (AvgIpc) is 3.29. The molecule has 0 aromatic heterocycles. The summed E-state index contributed by atoms with van der Waals surface area (Å²) >= 11 is 0. The number of imide groups is 1. The van der Waals surface area contributed by atoms with Gasteiger partial charge in [-0.25, -0.2) is 5.06 Å². The van der Waals surface area contributed by atoms with Crippen molar-refractivity contribution in [1.82, 2.24) is 4.90 Å². The maximum atomic E-state index is 13.4. The molecule has 2 aliphatic rings. The van der Waals surface area contributed by atoms with E-state index in [0.717, 1.165) is 5.56 Å². The van der Waals surface area contributed by atoms with Crippen molar-refractivity contribution in [1.29, 1.82) is 0 Å². The Labute approximate surface area is 178 Å². The Kier molecular flexibility index (Phi) is 4.60. The van der Waals surface area contributed by atoms with Crippen LogP contribution < -0.4 is 5.06 Å². The van der Waals surface area contributed by atoms with E-state index in [2.05, 4.69) is 0 Å². The van der Waals surface area contributed by atoms with E-state index in [0.29, 0.717) is 11.3 Å². The molecule has 3 aromatic rings. The lowest BCUT2D eigenvalue weighted by Crippen LogP contribution is -2.36. The Hall–Kier alpha value is -3.84. The summed E-state index contributed by atoms with van der Waals surface area (Å²) in [5.74, 6) is -2.04. The molecule has 0 spiro atoms. The predicted octanol–water partition coefficient (Wildman–Crippen LogP) is 3.14. The summed E-state index contributed by atoms with van der Waals surface area (Å²) in [5, 5.41) is 21.3. The molecule has 2 aliphatic heterocycles. The maximum Gasteiger partial charge on any atom is 0.262 e. The van der Waals surface area contributed by atoms with Crippen molar-refractivity contribution in [3.8, 4) is 11.5 Å². The average molecular weight is 416 g/mol. The molecule has 31 heavy (non-hydrogen) atoms. The molecule has 5 rings (SSSR count). The zero-order valence-electron chi connectivity index (χ0n) is 16.5. The molecule has 0 bridgehead atoms. The minimum atomic E-state index is -0.961. The third kappa shape index (κ3) is 3.19. The number of para-hydroxylation sites is 1. The van der Waals surface area contributed by atoms with Crippen LogP contribution in [0.4, 0.5) is 5.69 Å². The fourth-order valence-electron chi connectivity index (χ4n) is 4.26. The highest BCUT2D eigenvalue weighted by Crippen LogP contribution is 2.47. The number of likely N-dealkylation sites (tertiary alicyclic amines) is 1. The number of carbonyl (C=O) groups excluding carboxylic acids is 2. The number of hydroxylamine groups is 1. The number of hydrogen-bond donors (Lipinski definition) is 2. The summed E-state index contributed by atoms with van der Waals surface area (Å²) in [6.45, 7) is 0.174. The third-order valence-electron chi connectivity index (χ3n) is 5.74. The largest absolute Gasteiger partial charge is 0.504 e. The summed E-state index contributed by atoms with van der Waals surface area (Å²) < 4.78 is 0. The second-order valence-corrected chi connectivity index (χ2v) is 7.65. The number of nitrogens with zero attached hydrogens (tertiary/aromatic N) is 2. The standard InChI is InChI=1S/C24H20N2O5/c27-18-12-11-16(13-19(18)28)21-20-22(31-26(21)17-9-5-2-6-10-17)24(30)25(23(20)29)14-15-7-3-1-4-8-15/h1-13,20-22,27-28H,14H2/t20-,21-,22-/m0/s1. The normalized spacial score (nSPS) is 22.8. The van der Waals surface area contributed by atoms with Crippen molar-refractivity contribution >= 4 is 17.5 Å². The summed E-state index contributed by atoms with van der Waals surface area (Å²) in [7, 11) is 0. The fraction of sp³-hybridized carbons (Fsp3) is 0.167. The number of rotatable bonds is 4. The number of anilines is 1. The minimum absolute atomic E-state index is 0.174. The Balaban J connectivity index is 1.54. The van der Waals surface area contributed by atoms with Gasteiger partial charge in [-0.2, -0.15) is 0 Å². The summed E-state index contributed by atoms with van der Waals surface area (Å²) in [6, 6.07) is 22.2. The molecule has 2 amide bonds. The van der Waals surface area contributed by atoms with Gasteiger partial charge in [-0.05, 0) is 35.4 Å². The highest BCUT2D eigenvalue weighted by molar-refractivity contribution is 6.07. The predicted molar refractivity (Wildman–Crippen MR) is 112 cm³/mol. The van der Waals surface area contributed by atoms with Crippen LogP contribution in [0.1, 0.15) is 17.2 Å².